The van der Waals surface area contributed by atoms with Crippen molar-refractivity contribution >= 4 is 47.0 Å². The van der Waals surface area contributed by atoms with Crippen LogP contribution in [-0.4, -0.2) is 119 Å². The van der Waals surface area contributed by atoms with Crippen LogP contribution in [0.15, 0.2) is 125 Å². The monoisotopic (exact) mass is 1120 g/mol. The number of carbonyl (C=O) groups is 1. The van der Waals surface area contributed by atoms with E-state index in [4.69, 9.17) is 57.0 Å². The Bertz CT molecular complexity index is 2810. The van der Waals surface area contributed by atoms with Crippen LogP contribution in [0.1, 0.15) is 73.3 Å². The largest absolute Gasteiger partial charge is 1.00 e. The van der Waals surface area contributed by atoms with Crippen molar-refractivity contribution in [2.24, 2.45) is 27.2 Å². The molecule has 10 N–H and O–H groups in total. The standard InChI is InChI=1S/C17H18N4O.C16H19N3O.C13H15BrN2O.C4H5BN2O2.CH2O3.CH4O.2Na.H/c18-16-21-17(6-7-22-16)5-4-15-12(8-17)2-1-3-14(15)13-9-19-11-20-10-13;17-16(6-7-20)5-4-15-12(8-16)2-1-3-14(15)13-9-18-11-19-10-13;14-11-3-1-2-9-8-13(5-4-10(9)11)6-7-17-12(15)16-13;8-5(9)4-1-6-3-7-2-4;2-1-4-3;1-2;;;/h1-3,9-11H,4-8H2,(H2,18,21);1-3,9-11,20H,4-8,17H2;1-3H,4-8H2,(H2,15,16);1-3,8-9H;1,3H;2H,1H3;;;/q;;;;;;2*+1;-1/p-1. The van der Waals surface area contributed by atoms with Gasteiger partial charge >= 0.3 is 66.2 Å². The number of hydrogen-bond donors (Lipinski definition) is 7. The Kier molecular flexibility index (Phi) is 26.5. The van der Waals surface area contributed by atoms with Crippen molar-refractivity contribution < 1.29 is 105 Å². The van der Waals surface area contributed by atoms with Crippen LogP contribution < -0.4 is 87.0 Å². The minimum absolute atomic E-state index is 0. The van der Waals surface area contributed by atoms with Gasteiger partial charge in [-0.05, 0) is 115 Å². The molecule has 5 heterocycles. The minimum Gasteiger partial charge on any atom is -1.00 e. The average Bonchev–Trinajstić information content (AvgIpc) is 3.42. The first kappa shape index (κ1) is 63.7. The fourth-order valence-electron chi connectivity index (χ4n) is 9.93. The molecule has 0 saturated heterocycles. The number of aliphatic imine (C=N–C) groups is 2. The van der Waals surface area contributed by atoms with Crippen LogP contribution in [0.25, 0.3) is 22.3 Å². The molecular formula is C52H63BBrN11Na2O9. The first-order valence-electron chi connectivity index (χ1n) is 24.0. The number of nitrogens with two attached hydrogens (primary N) is 3. The van der Waals surface area contributed by atoms with Gasteiger partial charge in [-0.3, -0.25) is 4.79 Å². The average molecular weight is 1120 g/mol. The van der Waals surface area contributed by atoms with Gasteiger partial charge in [-0.15, -0.1) is 0 Å². The number of ether oxygens (including phenoxy) is 2. The van der Waals surface area contributed by atoms with Crippen molar-refractivity contribution in [2.45, 2.75) is 93.7 Å². The molecule has 2 aliphatic heterocycles. The maximum absolute atomic E-state index is 9.17. The molecule has 3 unspecified atom stereocenters. The van der Waals surface area contributed by atoms with Crippen LogP contribution in [0, 0.1) is 0 Å². The summed E-state index contributed by atoms with van der Waals surface area (Å²) in [7, 11) is -0.466. The summed E-state index contributed by atoms with van der Waals surface area (Å²) in [5.41, 5.74) is 30.6. The summed E-state index contributed by atoms with van der Waals surface area (Å²) in [6, 6.07) is 19.9. The molecule has 0 bridgehead atoms. The number of carbonyl (C=O) groups excluding carboxylic acids is 1. The van der Waals surface area contributed by atoms with Gasteiger partial charge in [0.2, 0.25) is 0 Å². The van der Waals surface area contributed by atoms with E-state index in [0.717, 1.165) is 88.9 Å². The Balaban J connectivity index is 0.000000265. The van der Waals surface area contributed by atoms with Crippen molar-refractivity contribution in [1.29, 1.82) is 0 Å². The molecule has 6 aromatic rings. The minimum atomic E-state index is -1.47. The first-order valence-corrected chi connectivity index (χ1v) is 24.8. The maximum atomic E-state index is 9.17. The first-order chi connectivity index (χ1) is 35.9. The third kappa shape index (κ3) is 17.6. The second kappa shape index (κ2) is 31.6. The summed E-state index contributed by atoms with van der Waals surface area (Å²) < 4.78 is 11.7. The summed E-state index contributed by atoms with van der Waals surface area (Å²) in [6.07, 6.45) is 25.8. The Hall–Kier alpha value is -4.79. The molecule has 0 fully saturated rings. The van der Waals surface area contributed by atoms with Crippen LogP contribution in [0.3, 0.4) is 0 Å². The zero-order valence-electron chi connectivity index (χ0n) is 44.2. The van der Waals surface area contributed by atoms with Gasteiger partial charge in [0, 0.05) is 90.3 Å². The SMILES string of the molecule is CO.NC1(CCO)CCc2c(cccc2-c2cncnc2)C1.NC1=NC2(CCO1)CCc1c(Br)cccc1C2.NC1=NC2(CCO1)CCc1c(cccc1-c1cncnc1)C2.O=CO[O-].OB(O)c1cncnc1.[H-].[Na+].[Na+]. The third-order valence-corrected chi connectivity index (χ3v) is 14.2. The zero-order chi connectivity index (χ0) is 53.0. The third-order valence-electron chi connectivity index (χ3n) is 13.5. The molecule has 0 radical (unpaired) electrons. The van der Waals surface area contributed by atoms with Crippen LogP contribution in [0.5, 0.6) is 0 Å². The van der Waals surface area contributed by atoms with E-state index in [9.17, 15) is 0 Å². The predicted octanol–water partition coefficient (Wildman–Crippen LogP) is -3.45. The second-order valence-corrected chi connectivity index (χ2v) is 19.0. The van der Waals surface area contributed by atoms with Crippen molar-refractivity contribution in [3.63, 3.8) is 0 Å². The second-order valence-electron chi connectivity index (χ2n) is 18.2. The number of fused-ring (bicyclic) bond motifs is 3. The number of benzene rings is 3. The quantitative estimate of drug-likeness (QED) is 0.0369. The van der Waals surface area contributed by atoms with Gasteiger partial charge in [-0.1, -0.05) is 64.5 Å². The van der Waals surface area contributed by atoms with Gasteiger partial charge in [0.15, 0.2) is 0 Å². The van der Waals surface area contributed by atoms with Gasteiger partial charge in [0.1, 0.15) is 19.0 Å². The van der Waals surface area contributed by atoms with Gasteiger partial charge in [0.05, 0.1) is 24.3 Å². The summed E-state index contributed by atoms with van der Waals surface area (Å²) in [5, 5.41) is 41.6. The zero-order valence-corrected chi connectivity index (χ0v) is 48.8. The van der Waals surface area contributed by atoms with Crippen molar-refractivity contribution in [2.75, 3.05) is 26.9 Å². The van der Waals surface area contributed by atoms with Gasteiger partial charge in [-0.2, -0.15) is 0 Å². The van der Waals surface area contributed by atoms with Crippen LogP contribution in [-0.2, 0) is 57.7 Å². The number of aromatic nitrogens is 6. The van der Waals surface area contributed by atoms with E-state index < -0.39 is 7.12 Å². The molecule has 3 aromatic carbocycles. The number of aliphatic hydroxyl groups is 2. The Labute approximate surface area is 496 Å². The molecular weight excluding hydrogens is 1060 g/mol. The fourth-order valence-corrected chi connectivity index (χ4v) is 10.5. The molecule has 76 heavy (non-hydrogen) atoms. The molecule has 2 spiro atoms. The van der Waals surface area contributed by atoms with Crippen LogP contribution in [0.2, 0.25) is 0 Å². The molecule has 3 aliphatic carbocycles. The molecule has 24 heteroatoms. The number of rotatable bonds is 6. The number of hydrogen-bond acceptors (Lipinski definition) is 20. The normalized spacial score (nSPS) is 20.0. The smallest absolute Gasteiger partial charge is 1.00 e. The Morgan fingerprint density at radius 2 is 1.08 bits per heavy atom. The van der Waals surface area contributed by atoms with E-state index >= 15 is 0 Å². The maximum Gasteiger partial charge on any atom is 1.00 e. The summed E-state index contributed by atoms with van der Waals surface area (Å²) in [6.45, 7) is 1.33. The van der Waals surface area contributed by atoms with Crippen LogP contribution in [0.4, 0.5) is 0 Å². The van der Waals surface area contributed by atoms with E-state index in [1.54, 1.807) is 12.7 Å². The van der Waals surface area contributed by atoms with Crippen LogP contribution >= 0.6 is 15.9 Å². The van der Waals surface area contributed by atoms with E-state index in [2.05, 4.69) is 115 Å². The molecule has 20 nitrogen and oxygen atoms in total. The summed E-state index contributed by atoms with van der Waals surface area (Å²) in [5.74, 6) is 0. The molecule has 11 rings (SSSR count). The molecule has 3 aromatic heterocycles. The van der Waals surface area contributed by atoms with E-state index in [-0.39, 0.29) is 90.2 Å². The predicted molar refractivity (Wildman–Crippen MR) is 282 cm³/mol. The molecule has 0 saturated carbocycles. The Morgan fingerprint density at radius 1 is 0.671 bits per heavy atom. The van der Waals surface area contributed by atoms with E-state index in [0.29, 0.717) is 37.1 Å². The van der Waals surface area contributed by atoms with Crippen molar-refractivity contribution in [3.05, 3.63) is 149 Å². The number of aliphatic hydroxyl groups excluding tert-OH is 2. The van der Waals surface area contributed by atoms with Crippen molar-refractivity contribution in [1.82, 2.24) is 29.9 Å². The summed E-state index contributed by atoms with van der Waals surface area (Å²) in [4.78, 5) is 44.1. The fraction of sp³-hybridized carbons (Fsp3) is 0.365. The van der Waals surface area contributed by atoms with Crippen molar-refractivity contribution in [3.8, 4) is 22.3 Å². The molecule has 392 valence electrons. The molecule has 3 atom stereocenters. The van der Waals surface area contributed by atoms with Gasteiger partial charge < -0.3 is 58.5 Å². The number of nitrogens with zero attached hydrogens (tertiary/aromatic N) is 8. The number of amidine groups is 2. The van der Waals surface area contributed by atoms with Gasteiger partial charge in [-0.25, -0.2) is 39.9 Å². The summed E-state index contributed by atoms with van der Waals surface area (Å²) >= 11 is 3.62. The van der Waals surface area contributed by atoms with E-state index in [1.165, 1.54) is 67.7 Å². The molecule has 5 aliphatic rings. The number of halogens is 1. The van der Waals surface area contributed by atoms with Gasteiger partial charge in [0.25, 0.3) is 18.5 Å². The molecule has 0 amide bonds. The topological polar surface area (TPSA) is 329 Å². The van der Waals surface area contributed by atoms with E-state index in [1.807, 2.05) is 24.8 Å². The Morgan fingerprint density at radius 3 is 1.50 bits per heavy atom.